The van der Waals surface area contributed by atoms with Gasteiger partial charge in [0.15, 0.2) is 0 Å². The maximum absolute atomic E-state index is 12.4. The maximum atomic E-state index is 12.4. The summed E-state index contributed by atoms with van der Waals surface area (Å²) in [5.74, 6) is -0.0705. The molecule has 0 fully saturated rings. The molecule has 2 atom stereocenters. The van der Waals surface area contributed by atoms with Gasteiger partial charge in [-0.3, -0.25) is 9.59 Å². The lowest BCUT2D eigenvalue weighted by atomic mass is 10.0. The van der Waals surface area contributed by atoms with Crippen LogP contribution in [-0.2, 0) is 14.3 Å². The van der Waals surface area contributed by atoms with Gasteiger partial charge in [-0.05, 0) is 25.7 Å². The average molecular weight is 808 g/mol. The van der Waals surface area contributed by atoms with Gasteiger partial charge in [0.2, 0.25) is 5.91 Å². The van der Waals surface area contributed by atoms with Gasteiger partial charge in [0.25, 0.3) is 0 Å². The highest BCUT2D eigenvalue weighted by atomic mass is 16.5. The lowest BCUT2D eigenvalue weighted by Crippen LogP contribution is -2.45. The summed E-state index contributed by atoms with van der Waals surface area (Å²) in [6.07, 6.45) is 52.1. The SMILES string of the molecule is CCCCCCCCCCCCCCCCCCCCC(=O)OCCCCCCCCCCCCC(=O)NC(CO)C(O)CCCCCCCCCCCCCC. The van der Waals surface area contributed by atoms with E-state index in [0.717, 1.165) is 57.8 Å². The molecule has 0 spiro atoms. The fraction of sp³-hybridized carbons (Fsp3) is 0.961. The zero-order chi connectivity index (χ0) is 41.5. The van der Waals surface area contributed by atoms with Crippen LogP contribution in [0.5, 0.6) is 0 Å². The Labute approximate surface area is 356 Å². The minimum atomic E-state index is -0.676. The van der Waals surface area contributed by atoms with Crippen LogP contribution < -0.4 is 5.32 Å². The molecular weight excluding hydrogens is 707 g/mol. The van der Waals surface area contributed by atoms with E-state index in [1.807, 2.05) is 0 Å². The van der Waals surface area contributed by atoms with Gasteiger partial charge < -0.3 is 20.3 Å². The zero-order valence-electron chi connectivity index (χ0n) is 38.6. The fourth-order valence-corrected chi connectivity index (χ4v) is 8.17. The minimum Gasteiger partial charge on any atom is -0.466 e. The molecule has 0 saturated carbocycles. The number of rotatable bonds is 48. The van der Waals surface area contributed by atoms with E-state index in [0.29, 0.717) is 25.9 Å². The van der Waals surface area contributed by atoms with Crippen molar-refractivity contribution in [3.63, 3.8) is 0 Å². The van der Waals surface area contributed by atoms with Crippen molar-refractivity contribution < 1.29 is 24.5 Å². The Hall–Kier alpha value is -1.14. The Morgan fingerprint density at radius 3 is 1.07 bits per heavy atom. The van der Waals surface area contributed by atoms with Crippen LogP contribution >= 0.6 is 0 Å². The van der Waals surface area contributed by atoms with E-state index in [4.69, 9.17) is 4.74 Å². The van der Waals surface area contributed by atoms with Crippen LogP contribution in [0, 0.1) is 0 Å². The van der Waals surface area contributed by atoms with Crippen molar-refractivity contribution in [3.8, 4) is 0 Å². The molecule has 0 bridgehead atoms. The maximum Gasteiger partial charge on any atom is 0.305 e. The number of nitrogens with one attached hydrogen (secondary N) is 1. The Morgan fingerprint density at radius 2 is 0.719 bits per heavy atom. The van der Waals surface area contributed by atoms with Crippen LogP contribution in [0.3, 0.4) is 0 Å². The van der Waals surface area contributed by atoms with Crippen LogP contribution in [0.1, 0.15) is 290 Å². The first-order valence-electron chi connectivity index (χ1n) is 25.8. The molecule has 0 saturated heterocycles. The van der Waals surface area contributed by atoms with Crippen LogP contribution in [0.15, 0.2) is 0 Å². The molecule has 57 heavy (non-hydrogen) atoms. The quantitative estimate of drug-likeness (QED) is 0.0420. The topological polar surface area (TPSA) is 95.9 Å². The van der Waals surface area contributed by atoms with E-state index < -0.39 is 12.1 Å². The van der Waals surface area contributed by atoms with Gasteiger partial charge in [0, 0.05) is 12.8 Å². The van der Waals surface area contributed by atoms with E-state index >= 15 is 0 Å². The van der Waals surface area contributed by atoms with Gasteiger partial charge in [-0.25, -0.2) is 0 Å². The highest BCUT2D eigenvalue weighted by Gasteiger charge is 2.20. The summed E-state index contributed by atoms with van der Waals surface area (Å²) in [4.78, 5) is 24.5. The number of amides is 1. The second-order valence-electron chi connectivity index (χ2n) is 17.9. The first kappa shape index (κ1) is 55.9. The van der Waals surface area contributed by atoms with Crippen molar-refractivity contribution >= 4 is 11.9 Å². The molecule has 0 aliphatic heterocycles. The zero-order valence-corrected chi connectivity index (χ0v) is 38.6. The van der Waals surface area contributed by atoms with Gasteiger partial charge >= 0.3 is 5.97 Å². The third-order valence-corrected chi connectivity index (χ3v) is 12.2. The van der Waals surface area contributed by atoms with Crippen molar-refractivity contribution in [3.05, 3.63) is 0 Å². The normalized spacial score (nSPS) is 12.6. The number of aliphatic hydroxyl groups is 2. The highest BCUT2D eigenvalue weighted by molar-refractivity contribution is 5.76. The minimum absolute atomic E-state index is 0.0141. The van der Waals surface area contributed by atoms with E-state index in [1.54, 1.807) is 0 Å². The molecular formula is C51H101NO5. The van der Waals surface area contributed by atoms with Gasteiger partial charge in [0.05, 0.1) is 25.4 Å². The third kappa shape index (κ3) is 44.2. The second-order valence-corrected chi connectivity index (χ2v) is 17.9. The summed E-state index contributed by atoms with van der Waals surface area (Å²) in [5.41, 5.74) is 0. The molecule has 6 nitrogen and oxygen atoms in total. The molecule has 0 aromatic rings. The number of esters is 1. The average Bonchev–Trinajstić information content (AvgIpc) is 3.21. The predicted octanol–water partition coefficient (Wildman–Crippen LogP) is 15.2. The van der Waals surface area contributed by atoms with Crippen LogP contribution in [0.2, 0.25) is 0 Å². The fourth-order valence-electron chi connectivity index (χ4n) is 8.17. The summed E-state index contributed by atoms with van der Waals surface area (Å²) in [7, 11) is 0. The van der Waals surface area contributed by atoms with E-state index in [-0.39, 0.29) is 18.5 Å². The number of carbonyl (C=O) groups is 2. The summed E-state index contributed by atoms with van der Waals surface area (Å²) in [6, 6.07) is -0.555. The van der Waals surface area contributed by atoms with Gasteiger partial charge in [-0.15, -0.1) is 0 Å². The molecule has 0 aromatic carbocycles. The molecule has 3 N–H and O–H groups in total. The van der Waals surface area contributed by atoms with Gasteiger partial charge in [-0.1, -0.05) is 251 Å². The Balaban J connectivity index is 3.43. The third-order valence-electron chi connectivity index (χ3n) is 12.2. The lowest BCUT2D eigenvalue weighted by molar-refractivity contribution is -0.143. The monoisotopic (exact) mass is 808 g/mol. The first-order valence-corrected chi connectivity index (χ1v) is 25.8. The molecule has 0 rings (SSSR count). The molecule has 1 amide bonds. The number of hydrogen-bond donors (Lipinski definition) is 3. The Bertz CT molecular complexity index is 806. The van der Waals surface area contributed by atoms with Crippen molar-refractivity contribution in [2.24, 2.45) is 0 Å². The number of aliphatic hydroxyl groups excluding tert-OH is 2. The Morgan fingerprint density at radius 1 is 0.421 bits per heavy atom. The van der Waals surface area contributed by atoms with Gasteiger partial charge in [-0.2, -0.15) is 0 Å². The summed E-state index contributed by atoms with van der Waals surface area (Å²) in [6.45, 7) is 4.91. The predicted molar refractivity (Wildman–Crippen MR) is 246 cm³/mol. The highest BCUT2D eigenvalue weighted by Crippen LogP contribution is 2.17. The van der Waals surface area contributed by atoms with Crippen molar-refractivity contribution in [2.45, 2.75) is 302 Å². The number of carbonyl (C=O) groups excluding carboxylic acids is 2. The van der Waals surface area contributed by atoms with Crippen LogP contribution in [0.4, 0.5) is 0 Å². The van der Waals surface area contributed by atoms with Crippen molar-refractivity contribution in [2.75, 3.05) is 13.2 Å². The number of unbranched alkanes of at least 4 members (excludes halogenated alkanes) is 37. The lowest BCUT2D eigenvalue weighted by Gasteiger charge is -2.22. The van der Waals surface area contributed by atoms with Crippen molar-refractivity contribution in [1.29, 1.82) is 0 Å². The molecule has 0 heterocycles. The van der Waals surface area contributed by atoms with E-state index in [1.165, 1.54) is 199 Å². The standard InChI is InChI=1S/C51H101NO5/c1-3-5-7-9-11-13-15-17-18-19-20-21-22-24-29-33-37-41-45-51(56)57-46-42-38-34-30-26-25-28-32-36-40-44-50(55)52-48(47-53)49(54)43-39-35-31-27-23-16-14-12-10-8-6-4-2/h48-49,53-54H,3-47H2,1-2H3,(H,52,55). The molecule has 340 valence electrons. The summed E-state index contributed by atoms with van der Waals surface area (Å²) in [5, 5.41) is 23.1. The smallest absolute Gasteiger partial charge is 0.305 e. The molecule has 2 unspecified atom stereocenters. The van der Waals surface area contributed by atoms with Crippen LogP contribution in [-0.4, -0.2) is 47.4 Å². The molecule has 0 aromatic heterocycles. The summed E-state index contributed by atoms with van der Waals surface area (Å²) < 4.78 is 5.47. The molecule has 6 heteroatoms. The molecule has 0 radical (unpaired) electrons. The Kier molecular flexibility index (Phi) is 46.6. The largest absolute Gasteiger partial charge is 0.466 e. The molecule has 0 aliphatic carbocycles. The second kappa shape index (κ2) is 47.5. The number of hydrogen-bond acceptors (Lipinski definition) is 5. The van der Waals surface area contributed by atoms with E-state index in [2.05, 4.69) is 19.2 Å². The first-order chi connectivity index (χ1) is 28.0. The van der Waals surface area contributed by atoms with Gasteiger partial charge in [0.1, 0.15) is 0 Å². The molecule has 0 aliphatic rings. The van der Waals surface area contributed by atoms with Crippen molar-refractivity contribution in [1.82, 2.24) is 5.32 Å². The summed E-state index contributed by atoms with van der Waals surface area (Å²) >= 11 is 0. The van der Waals surface area contributed by atoms with E-state index in [9.17, 15) is 19.8 Å². The number of ether oxygens (including phenoxy) is 1. The van der Waals surface area contributed by atoms with Crippen LogP contribution in [0.25, 0.3) is 0 Å².